The first-order valence-corrected chi connectivity index (χ1v) is 9.87. The number of hydrogen-bond donors (Lipinski definition) is 1. The minimum atomic E-state index is -5.74. The molecule has 0 radical (unpaired) electrons. The molecule has 1 aromatic carbocycles. The van der Waals surface area contributed by atoms with E-state index < -0.39 is 41.8 Å². The third-order valence-electron chi connectivity index (χ3n) is 3.42. The number of rotatable bonds is 5. The Morgan fingerprint density at radius 2 is 1.92 bits per heavy atom. The number of anilines is 1. The zero-order valence-corrected chi connectivity index (χ0v) is 13.8. The van der Waals surface area contributed by atoms with Crippen molar-refractivity contribution in [3.63, 3.8) is 0 Å². The van der Waals surface area contributed by atoms with Crippen LogP contribution in [0.2, 0.25) is 0 Å². The third-order valence-corrected chi connectivity index (χ3v) is 6.90. The molecule has 24 heavy (non-hydrogen) atoms. The molecule has 0 saturated carbocycles. The molecule has 0 spiro atoms. The van der Waals surface area contributed by atoms with Crippen molar-refractivity contribution in [1.82, 2.24) is 4.31 Å². The second kappa shape index (κ2) is 6.48. The van der Waals surface area contributed by atoms with Gasteiger partial charge in [-0.05, 0) is 24.6 Å². The maximum Gasteiger partial charge on any atom is 0.501 e. The Bertz CT molecular complexity index is 822. The van der Waals surface area contributed by atoms with Crippen molar-refractivity contribution in [2.45, 2.75) is 16.8 Å². The van der Waals surface area contributed by atoms with Gasteiger partial charge in [-0.2, -0.15) is 13.2 Å². The van der Waals surface area contributed by atoms with Crippen molar-refractivity contribution in [2.24, 2.45) is 0 Å². The maximum absolute atomic E-state index is 13.2. The molecule has 1 aliphatic heterocycles. The van der Waals surface area contributed by atoms with Crippen molar-refractivity contribution in [1.29, 1.82) is 0 Å². The Balaban J connectivity index is 2.20. The summed E-state index contributed by atoms with van der Waals surface area (Å²) in [4.78, 5) is -1.24. The number of halogens is 4. The average Bonchev–Trinajstić information content (AvgIpc) is 2.78. The Morgan fingerprint density at radius 3 is 2.46 bits per heavy atom. The molecule has 0 bridgehead atoms. The molecule has 0 aliphatic carbocycles. The van der Waals surface area contributed by atoms with Crippen molar-refractivity contribution in [3.05, 3.63) is 24.0 Å². The monoisotopic (exact) mass is 390 g/mol. The van der Waals surface area contributed by atoms with Gasteiger partial charge < -0.3 is 5.32 Å². The molecule has 0 aromatic heterocycles. The van der Waals surface area contributed by atoms with E-state index in [1.807, 2.05) is 0 Å². The molecular formula is C12H14F4N2O4S2. The second-order valence-corrected chi connectivity index (χ2v) is 9.08. The maximum atomic E-state index is 13.2. The quantitative estimate of drug-likeness (QED) is 0.772. The lowest BCUT2D eigenvalue weighted by atomic mass is 10.3. The summed E-state index contributed by atoms with van der Waals surface area (Å²) in [6, 6.07) is 1.95. The zero-order chi connectivity index (χ0) is 18.2. The number of alkyl halides is 3. The van der Waals surface area contributed by atoms with Crippen molar-refractivity contribution in [3.8, 4) is 0 Å². The fraction of sp³-hybridized carbons (Fsp3) is 0.500. The minimum Gasteiger partial charge on any atom is -0.383 e. The Labute approximate surface area is 136 Å². The zero-order valence-electron chi connectivity index (χ0n) is 12.2. The molecule has 0 amide bonds. The molecule has 12 heteroatoms. The summed E-state index contributed by atoms with van der Waals surface area (Å²) >= 11 is 0. The third kappa shape index (κ3) is 3.81. The number of sulfonamides is 1. The first-order chi connectivity index (χ1) is 10.9. The highest BCUT2D eigenvalue weighted by molar-refractivity contribution is 7.92. The van der Waals surface area contributed by atoms with E-state index in [1.54, 1.807) is 0 Å². The lowest BCUT2D eigenvalue weighted by molar-refractivity contribution is -0.0435. The fourth-order valence-electron chi connectivity index (χ4n) is 2.25. The standard InChI is InChI=1S/C12H14F4N2O4S2/c13-9-2-3-10(11(8-9)24(21,22)12(14,15)16)17-4-6-18-5-1-7-23(18,19)20/h2-3,8,17H,1,4-7H2. The van der Waals surface area contributed by atoms with Crippen LogP contribution >= 0.6 is 0 Å². The summed E-state index contributed by atoms with van der Waals surface area (Å²) in [7, 11) is -9.11. The number of nitrogens with one attached hydrogen (secondary N) is 1. The molecule has 0 unspecified atom stereocenters. The number of benzene rings is 1. The van der Waals surface area contributed by atoms with Crippen LogP contribution in [-0.4, -0.2) is 52.0 Å². The van der Waals surface area contributed by atoms with Gasteiger partial charge in [-0.3, -0.25) is 0 Å². The van der Waals surface area contributed by atoms with Crippen LogP contribution in [0, 0.1) is 5.82 Å². The minimum absolute atomic E-state index is 0.00273. The lowest BCUT2D eigenvalue weighted by Crippen LogP contribution is -2.31. The van der Waals surface area contributed by atoms with E-state index in [4.69, 9.17) is 0 Å². The number of hydrogen-bond acceptors (Lipinski definition) is 5. The first-order valence-electron chi connectivity index (χ1n) is 6.78. The van der Waals surface area contributed by atoms with E-state index in [9.17, 15) is 34.4 Å². The smallest absolute Gasteiger partial charge is 0.383 e. The van der Waals surface area contributed by atoms with Crippen LogP contribution in [0.5, 0.6) is 0 Å². The van der Waals surface area contributed by atoms with Gasteiger partial charge in [0.1, 0.15) is 10.7 Å². The van der Waals surface area contributed by atoms with Gasteiger partial charge in [-0.15, -0.1) is 0 Å². The molecule has 1 N–H and O–H groups in total. The fourth-order valence-corrected chi connectivity index (χ4v) is 4.72. The van der Waals surface area contributed by atoms with Crippen molar-refractivity contribution in [2.75, 3.05) is 30.7 Å². The van der Waals surface area contributed by atoms with Gasteiger partial charge in [0.15, 0.2) is 0 Å². The molecule has 6 nitrogen and oxygen atoms in total. The van der Waals surface area contributed by atoms with Crippen LogP contribution in [-0.2, 0) is 19.9 Å². The van der Waals surface area contributed by atoms with Gasteiger partial charge in [0, 0.05) is 19.6 Å². The normalized spacial score (nSPS) is 18.7. The second-order valence-electron chi connectivity index (χ2n) is 5.09. The van der Waals surface area contributed by atoms with Gasteiger partial charge in [-0.1, -0.05) is 0 Å². The highest BCUT2D eigenvalue weighted by Gasteiger charge is 2.48. The highest BCUT2D eigenvalue weighted by Crippen LogP contribution is 2.34. The molecule has 0 atom stereocenters. The van der Waals surface area contributed by atoms with Gasteiger partial charge in [0.25, 0.3) is 9.84 Å². The van der Waals surface area contributed by atoms with Crippen LogP contribution in [0.4, 0.5) is 23.2 Å². The van der Waals surface area contributed by atoms with Gasteiger partial charge >= 0.3 is 5.51 Å². The lowest BCUT2D eigenvalue weighted by Gasteiger charge is -2.17. The van der Waals surface area contributed by atoms with Crippen molar-refractivity contribution < 1.29 is 34.4 Å². The van der Waals surface area contributed by atoms with E-state index >= 15 is 0 Å². The predicted octanol–water partition coefficient (Wildman–Crippen LogP) is 1.57. The van der Waals surface area contributed by atoms with Crippen LogP contribution in [0.1, 0.15) is 6.42 Å². The molecule has 1 aromatic rings. The SMILES string of the molecule is O=S1(=O)CCCN1CCNc1ccc(F)cc1S(=O)(=O)C(F)(F)F. The van der Waals surface area contributed by atoms with E-state index in [0.717, 1.165) is 16.4 Å². The summed E-state index contributed by atoms with van der Waals surface area (Å²) in [6.07, 6.45) is 0.451. The van der Waals surface area contributed by atoms with Crippen LogP contribution in [0.25, 0.3) is 0 Å². The van der Waals surface area contributed by atoms with Crippen LogP contribution in [0.3, 0.4) is 0 Å². The molecule has 1 saturated heterocycles. The van der Waals surface area contributed by atoms with Crippen LogP contribution < -0.4 is 5.32 Å². The van der Waals surface area contributed by atoms with Gasteiger partial charge in [0.05, 0.1) is 11.4 Å². The van der Waals surface area contributed by atoms with Gasteiger partial charge in [0.2, 0.25) is 10.0 Å². The molecule has 1 aliphatic rings. The predicted molar refractivity (Wildman–Crippen MR) is 78.1 cm³/mol. The Morgan fingerprint density at radius 1 is 1.25 bits per heavy atom. The van der Waals surface area contributed by atoms with E-state index in [1.165, 1.54) is 0 Å². The first kappa shape index (κ1) is 18.9. The summed E-state index contributed by atoms with van der Waals surface area (Å²) in [5, 5.41) is 2.43. The molecule has 1 fully saturated rings. The summed E-state index contributed by atoms with van der Waals surface area (Å²) in [5.41, 5.74) is -6.01. The topological polar surface area (TPSA) is 83.6 Å². The van der Waals surface area contributed by atoms with E-state index in [2.05, 4.69) is 5.32 Å². The number of nitrogens with zero attached hydrogens (tertiary/aromatic N) is 1. The average molecular weight is 390 g/mol. The molecule has 136 valence electrons. The van der Waals surface area contributed by atoms with E-state index in [0.29, 0.717) is 13.0 Å². The highest BCUT2D eigenvalue weighted by atomic mass is 32.2. The van der Waals surface area contributed by atoms with Gasteiger partial charge in [-0.25, -0.2) is 25.5 Å². The van der Waals surface area contributed by atoms with E-state index in [-0.39, 0.29) is 24.9 Å². The number of sulfone groups is 1. The van der Waals surface area contributed by atoms with Crippen LogP contribution in [0.15, 0.2) is 23.1 Å². The summed E-state index contributed by atoms with van der Waals surface area (Å²) in [5.74, 6) is -1.14. The Hall–Kier alpha value is -1.40. The van der Waals surface area contributed by atoms with Crippen molar-refractivity contribution >= 4 is 25.5 Å². The summed E-state index contributed by atoms with van der Waals surface area (Å²) < 4.78 is 98.6. The summed E-state index contributed by atoms with van der Waals surface area (Å²) in [6.45, 7) is 0.137. The Kier molecular flexibility index (Phi) is 5.11. The molecular weight excluding hydrogens is 376 g/mol. The molecule has 2 rings (SSSR count). The largest absolute Gasteiger partial charge is 0.501 e. The molecule has 1 heterocycles.